The third kappa shape index (κ3) is 4.00. The predicted molar refractivity (Wildman–Crippen MR) is 53.7 cm³/mol. The number of nitrogens with two attached hydrogens (primary N) is 1. The lowest BCUT2D eigenvalue weighted by Crippen LogP contribution is -2.19. The lowest BCUT2D eigenvalue weighted by Gasteiger charge is -2.09. The number of hydrogen-bond donors (Lipinski definition) is 1. The number of aryl methyl sites for hydroxylation is 1. The zero-order valence-electron chi connectivity index (χ0n) is 9.03. The Kier molecular flexibility index (Phi) is 3.82. The monoisotopic (exact) mass is 271 g/mol. The number of rotatable bonds is 4. The van der Waals surface area contributed by atoms with Gasteiger partial charge >= 0.3 is 6.18 Å². The van der Waals surface area contributed by atoms with Crippen molar-refractivity contribution >= 4 is 10.0 Å². The number of aromatic nitrogens is 2. The van der Waals surface area contributed by atoms with E-state index < -0.39 is 27.8 Å². The Labute approximate surface area is 96.5 Å². The van der Waals surface area contributed by atoms with Crippen molar-refractivity contribution in [3.63, 3.8) is 0 Å². The summed E-state index contributed by atoms with van der Waals surface area (Å²) in [6, 6.07) is 0. The van der Waals surface area contributed by atoms with Crippen LogP contribution in [0, 0.1) is 0 Å². The van der Waals surface area contributed by atoms with E-state index in [1.165, 1.54) is 0 Å². The normalized spacial score (nSPS) is 13.0. The van der Waals surface area contributed by atoms with Crippen LogP contribution in [-0.2, 0) is 23.0 Å². The summed E-state index contributed by atoms with van der Waals surface area (Å²) in [6.45, 7) is 0.480. The second-order valence-electron chi connectivity index (χ2n) is 3.53. The third-order valence-electron chi connectivity index (χ3n) is 1.95. The molecule has 17 heavy (non-hydrogen) atoms. The molecule has 98 valence electrons. The van der Waals surface area contributed by atoms with Crippen LogP contribution in [0.4, 0.5) is 13.2 Å². The summed E-state index contributed by atoms with van der Waals surface area (Å²) >= 11 is 0. The molecule has 1 aromatic rings. The third-order valence-corrected chi connectivity index (χ3v) is 2.73. The molecule has 0 aliphatic carbocycles. The first-order chi connectivity index (χ1) is 7.63. The first-order valence-electron chi connectivity index (χ1n) is 4.79. The first-order valence-corrected chi connectivity index (χ1v) is 6.33. The van der Waals surface area contributed by atoms with Crippen molar-refractivity contribution in [2.24, 2.45) is 5.14 Å². The molecule has 0 aliphatic heterocycles. The minimum atomic E-state index is -4.43. The fourth-order valence-corrected chi connectivity index (χ4v) is 1.83. The van der Waals surface area contributed by atoms with Gasteiger partial charge in [-0.05, 0) is 6.42 Å². The zero-order chi connectivity index (χ0) is 13.3. The smallest absolute Gasteiger partial charge is 0.324 e. The van der Waals surface area contributed by atoms with Crippen molar-refractivity contribution in [1.82, 2.24) is 9.55 Å². The standard InChI is InChI=1S/C8H12F3N3O2S/c1-2-3-6-13-7(17(12,15)16)4-14(6)5-8(9,10)11/h4H,2-3,5H2,1H3,(H2,12,15,16). The number of alkyl halides is 3. The molecule has 0 radical (unpaired) electrons. The van der Waals surface area contributed by atoms with Gasteiger partial charge in [0.1, 0.15) is 12.4 Å². The number of sulfonamides is 1. The predicted octanol–water partition coefficient (Wildman–Crippen LogP) is 1.05. The molecule has 1 heterocycles. The average Bonchev–Trinajstić information content (AvgIpc) is 2.45. The molecule has 0 spiro atoms. The molecule has 0 unspecified atom stereocenters. The lowest BCUT2D eigenvalue weighted by molar-refractivity contribution is -0.141. The van der Waals surface area contributed by atoms with Crippen LogP contribution in [0.1, 0.15) is 19.2 Å². The molecule has 1 aromatic heterocycles. The zero-order valence-corrected chi connectivity index (χ0v) is 9.85. The highest BCUT2D eigenvalue weighted by Gasteiger charge is 2.30. The fraction of sp³-hybridized carbons (Fsp3) is 0.625. The summed E-state index contributed by atoms with van der Waals surface area (Å²) in [5.74, 6) is 0.0637. The highest BCUT2D eigenvalue weighted by Crippen LogP contribution is 2.20. The number of primary sulfonamides is 1. The van der Waals surface area contributed by atoms with Gasteiger partial charge < -0.3 is 4.57 Å². The average molecular weight is 271 g/mol. The van der Waals surface area contributed by atoms with Crippen molar-refractivity contribution < 1.29 is 21.6 Å². The summed E-state index contributed by atoms with van der Waals surface area (Å²) in [4.78, 5) is 3.61. The van der Waals surface area contributed by atoms with Crippen molar-refractivity contribution in [1.29, 1.82) is 0 Å². The Morgan fingerprint density at radius 3 is 2.47 bits per heavy atom. The molecule has 0 bridgehead atoms. The molecule has 0 saturated heterocycles. The van der Waals surface area contributed by atoms with Crippen LogP contribution in [0.3, 0.4) is 0 Å². The molecule has 2 N–H and O–H groups in total. The van der Waals surface area contributed by atoms with E-state index in [1.807, 2.05) is 0 Å². The maximum absolute atomic E-state index is 12.2. The number of imidazole rings is 1. The van der Waals surface area contributed by atoms with E-state index in [2.05, 4.69) is 4.98 Å². The Bertz CT molecular complexity index is 493. The largest absolute Gasteiger partial charge is 0.406 e. The lowest BCUT2D eigenvalue weighted by atomic mass is 10.3. The van der Waals surface area contributed by atoms with E-state index >= 15 is 0 Å². The van der Waals surface area contributed by atoms with Crippen LogP contribution in [-0.4, -0.2) is 24.1 Å². The topological polar surface area (TPSA) is 78.0 Å². The molecule has 9 heteroatoms. The van der Waals surface area contributed by atoms with E-state index in [4.69, 9.17) is 5.14 Å². The molecular formula is C8H12F3N3O2S. The van der Waals surface area contributed by atoms with Crippen LogP contribution in [0.2, 0.25) is 0 Å². The van der Waals surface area contributed by atoms with Crippen molar-refractivity contribution in [2.75, 3.05) is 0 Å². The highest BCUT2D eigenvalue weighted by molar-refractivity contribution is 7.89. The Morgan fingerprint density at radius 1 is 1.47 bits per heavy atom. The van der Waals surface area contributed by atoms with Crippen molar-refractivity contribution in [2.45, 2.75) is 37.5 Å². The van der Waals surface area contributed by atoms with Gasteiger partial charge in [-0.25, -0.2) is 18.5 Å². The summed E-state index contributed by atoms with van der Waals surface area (Å²) < 4.78 is 59.5. The molecule has 0 aliphatic rings. The van der Waals surface area contributed by atoms with Crippen molar-refractivity contribution in [3.8, 4) is 0 Å². The van der Waals surface area contributed by atoms with Gasteiger partial charge in [0, 0.05) is 12.6 Å². The Balaban J connectivity index is 3.14. The molecule has 0 atom stereocenters. The second-order valence-corrected chi connectivity index (χ2v) is 5.04. The summed E-state index contributed by atoms with van der Waals surface area (Å²) in [6.07, 6.45) is -2.81. The van der Waals surface area contributed by atoms with Crippen LogP contribution >= 0.6 is 0 Å². The van der Waals surface area contributed by atoms with Gasteiger partial charge in [0.15, 0.2) is 5.03 Å². The van der Waals surface area contributed by atoms with E-state index in [0.29, 0.717) is 6.42 Å². The maximum atomic E-state index is 12.2. The van der Waals surface area contributed by atoms with Gasteiger partial charge in [-0.1, -0.05) is 6.92 Å². The minimum Gasteiger partial charge on any atom is -0.324 e. The van der Waals surface area contributed by atoms with E-state index in [-0.39, 0.29) is 12.2 Å². The molecule has 0 amide bonds. The van der Waals surface area contributed by atoms with E-state index in [0.717, 1.165) is 10.8 Å². The molecular weight excluding hydrogens is 259 g/mol. The van der Waals surface area contributed by atoms with E-state index in [1.54, 1.807) is 6.92 Å². The first kappa shape index (κ1) is 14.0. The van der Waals surface area contributed by atoms with E-state index in [9.17, 15) is 21.6 Å². The summed E-state index contributed by atoms with van der Waals surface area (Å²) in [5.41, 5.74) is 0. The molecule has 1 rings (SSSR count). The van der Waals surface area contributed by atoms with Crippen LogP contribution in [0.15, 0.2) is 11.2 Å². The summed E-state index contributed by atoms with van der Waals surface area (Å²) in [5, 5.41) is 4.28. The molecule has 0 saturated carbocycles. The second kappa shape index (κ2) is 4.65. The van der Waals surface area contributed by atoms with Crippen molar-refractivity contribution in [3.05, 3.63) is 12.0 Å². The van der Waals surface area contributed by atoms with Gasteiger partial charge in [-0.3, -0.25) is 0 Å². The molecule has 0 aromatic carbocycles. The highest BCUT2D eigenvalue weighted by atomic mass is 32.2. The maximum Gasteiger partial charge on any atom is 0.406 e. The SMILES string of the molecule is CCCc1nc(S(N)(=O)=O)cn1CC(F)(F)F. The fourth-order valence-electron chi connectivity index (χ4n) is 1.32. The van der Waals surface area contributed by atoms with Crippen LogP contribution in [0.5, 0.6) is 0 Å². The minimum absolute atomic E-state index is 0.0637. The van der Waals surface area contributed by atoms with Gasteiger partial charge in [0.2, 0.25) is 0 Å². The quantitative estimate of drug-likeness (QED) is 0.889. The molecule has 5 nitrogen and oxygen atoms in total. The number of halogens is 3. The van der Waals surface area contributed by atoms with Gasteiger partial charge in [-0.2, -0.15) is 13.2 Å². The van der Waals surface area contributed by atoms with Gasteiger partial charge in [0.05, 0.1) is 0 Å². The number of hydrogen-bond acceptors (Lipinski definition) is 3. The van der Waals surface area contributed by atoms with Gasteiger partial charge in [0.25, 0.3) is 10.0 Å². The van der Waals surface area contributed by atoms with Gasteiger partial charge in [-0.15, -0.1) is 0 Å². The number of nitrogens with zero attached hydrogens (tertiary/aromatic N) is 2. The van der Waals surface area contributed by atoms with Crippen LogP contribution < -0.4 is 5.14 Å². The van der Waals surface area contributed by atoms with Crippen LogP contribution in [0.25, 0.3) is 0 Å². The Morgan fingerprint density at radius 2 is 2.06 bits per heavy atom. The molecule has 0 fully saturated rings. The Hall–Kier alpha value is -1.09. The summed E-state index contributed by atoms with van der Waals surface area (Å²) in [7, 11) is -4.08.